The van der Waals surface area contributed by atoms with Crippen LogP contribution in [0.4, 0.5) is 5.69 Å². The molecule has 0 aromatic heterocycles. The van der Waals surface area contributed by atoms with Gasteiger partial charge in [-0.2, -0.15) is 0 Å². The quantitative estimate of drug-likeness (QED) is 0.555. The van der Waals surface area contributed by atoms with E-state index in [9.17, 15) is 0 Å². The largest absolute Gasteiger partial charge is 0.385 e. The van der Waals surface area contributed by atoms with Crippen molar-refractivity contribution < 1.29 is 0 Å². The molecule has 0 heterocycles. The molecule has 0 bridgehead atoms. The van der Waals surface area contributed by atoms with Crippen molar-refractivity contribution in [3.05, 3.63) is 45.9 Å². The monoisotopic (exact) mass is 343 g/mol. The van der Waals surface area contributed by atoms with Crippen molar-refractivity contribution in [2.45, 2.75) is 12.8 Å². The Balaban J connectivity index is 2.64. The molecule has 0 atom stereocenters. The van der Waals surface area contributed by atoms with Gasteiger partial charge in [0.05, 0.1) is 3.39 Å². The summed E-state index contributed by atoms with van der Waals surface area (Å²) in [5.41, 5.74) is 2.33. The number of halogens is 2. The van der Waals surface area contributed by atoms with E-state index in [4.69, 9.17) is 0 Å². The van der Waals surface area contributed by atoms with E-state index in [2.05, 4.69) is 55.9 Å². The van der Waals surface area contributed by atoms with Crippen LogP contribution in [0.1, 0.15) is 18.4 Å². The van der Waals surface area contributed by atoms with Crippen molar-refractivity contribution in [2.24, 2.45) is 0 Å². The van der Waals surface area contributed by atoms with Crippen LogP contribution in [0.15, 0.2) is 40.3 Å². The average molecular weight is 345 g/mol. The molecule has 0 aliphatic carbocycles. The number of rotatable bonds is 6. The first-order valence-electron chi connectivity index (χ1n) is 5.20. The highest BCUT2D eigenvalue weighted by molar-refractivity contribution is 9.28. The molecule has 0 aliphatic heterocycles. The molecular weight excluding hydrogens is 330 g/mol. The second-order valence-electron chi connectivity index (χ2n) is 3.38. The van der Waals surface area contributed by atoms with E-state index in [1.807, 2.05) is 24.3 Å². The summed E-state index contributed by atoms with van der Waals surface area (Å²) in [4.78, 5) is 0. The van der Waals surface area contributed by atoms with E-state index in [0.29, 0.717) is 0 Å². The molecule has 1 aromatic carbocycles. The van der Waals surface area contributed by atoms with E-state index < -0.39 is 0 Å². The maximum atomic E-state index is 3.71. The number of nitrogens with one attached hydrogen (secondary N) is 1. The van der Waals surface area contributed by atoms with Gasteiger partial charge in [0.1, 0.15) is 0 Å². The minimum absolute atomic E-state index is 0.945. The average Bonchev–Trinajstić information content (AvgIpc) is 2.26. The predicted molar refractivity (Wildman–Crippen MR) is 80.2 cm³/mol. The van der Waals surface area contributed by atoms with Gasteiger partial charge in [-0.3, -0.25) is 0 Å². The van der Waals surface area contributed by atoms with Gasteiger partial charge in [0.15, 0.2) is 0 Å². The predicted octanol–water partition coefficient (Wildman–Crippen LogP) is 5.15. The van der Waals surface area contributed by atoms with Crippen LogP contribution in [0, 0.1) is 0 Å². The van der Waals surface area contributed by atoms with Crippen LogP contribution in [-0.4, -0.2) is 6.54 Å². The van der Waals surface area contributed by atoms with Gasteiger partial charge in [-0.1, -0.05) is 24.3 Å². The topological polar surface area (TPSA) is 12.0 Å². The smallest absolute Gasteiger partial charge is 0.0610 e. The second kappa shape index (κ2) is 7.69. The van der Waals surface area contributed by atoms with Gasteiger partial charge in [0.25, 0.3) is 0 Å². The number of hydrogen-bond acceptors (Lipinski definition) is 1. The zero-order valence-electron chi connectivity index (χ0n) is 9.05. The molecule has 0 aliphatic rings. The maximum absolute atomic E-state index is 3.71. The van der Waals surface area contributed by atoms with E-state index in [1.165, 1.54) is 5.56 Å². The Bertz CT molecular complexity index is 368. The van der Waals surface area contributed by atoms with E-state index in [0.717, 1.165) is 28.5 Å². The fourth-order valence-electron chi connectivity index (χ4n) is 1.37. The number of allylic oxidation sites excluding steroid dienone is 1. The summed E-state index contributed by atoms with van der Waals surface area (Å²) in [5.74, 6) is 0. The molecule has 0 saturated carbocycles. The van der Waals surface area contributed by atoms with Gasteiger partial charge in [-0.05, 0) is 62.4 Å². The summed E-state index contributed by atoms with van der Waals surface area (Å²) in [7, 11) is 0. The van der Waals surface area contributed by atoms with Crippen LogP contribution in [0.2, 0.25) is 0 Å². The summed E-state index contributed by atoms with van der Waals surface area (Å²) in [6, 6.07) is 8.24. The molecule has 0 spiro atoms. The Morgan fingerprint density at radius 2 is 2.06 bits per heavy atom. The summed E-state index contributed by atoms with van der Waals surface area (Å²) in [6.07, 6.45) is 6.14. The molecule has 16 heavy (non-hydrogen) atoms. The zero-order valence-corrected chi connectivity index (χ0v) is 12.2. The molecule has 1 aromatic rings. The molecule has 0 radical (unpaired) electrons. The van der Waals surface area contributed by atoms with Crippen molar-refractivity contribution in [1.29, 1.82) is 0 Å². The van der Waals surface area contributed by atoms with E-state index in [1.54, 1.807) is 0 Å². The highest BCUT2D eigenvalue weighted by Crippen LogP contribution is 2.23. The Morgan fingerprint density at radius 1 is 1.31 bits per heavy atom. The summed E-state index contributed by atoms with van der Waals surface area (Å²) in [6.45, 7) is 4.68. The molecule has 0 unspecified atom stereocenters. The minimum Gasteiger partial charge on any atom is -0.385 e. The van der Waals surface area contributed by atoms with Crippen LogP contribution >= 0.6 is 31.9 Å². The number of hydrogen-bond donors (Lipinski definition) is 1. The zero-order chi connectivity index (χ0) is 11.8. The van der Waals surface area contributed by atoms with Crippen molar-refractivity contribution in [1.82, 2.24) is 0 Å². The highest BCUT2D eigenvalue weighted by Gasteiger charge is 1.98. The number of benzene rings is 1. The third-order valence-electron chi connectivity index (χ3n) is 2.13. The lowest BCUT2D eigenvalue weighted by molar-refractivity contribution is 0.891. The van der Waals surface area contributed by atoms with Crippen molar-refractivity contribution in [2.75, 3.05) is 11.9 Å². The first kappa shape index (κ1) is 13.5. The van der Waals surface area contributed by atoms with Crippen molar-refractivity contribution in [3.63, 3.8) is 0 Å². The molecule has 0 amide bonds. The summed E-state index contributed by atoms with van der Waals surface area (Å²) in [5, 5.41) is 3.42. The van der Waals surface area contributed by atoms with Crippen molar-refractivity contribution >= 4 is 43.6 Å². The van der Waals surface area contributed by atoms with Crippen LogP contribution in [0.5, 0.6) is 0 Å². The highest BCUT2D eigenvalue weighted by atomic mass is 79.9. The minimum atomic E-state index is 0.945. The molecule has 3 heteroatoms. The normalized spacial score (nSPS) is 9.62. The molecule has 1 rings (SSSR count). The molecular formula is C13H15Br2N. The molecule has 86 valence electrons. The van der Waals surface area contributed by atoms with Gasteiger partial charge in [0.2, 0.25) is 0 Å². The third kappa shape index (κ3) is 4.99. The lowest BCUT2D eigenvalue weighted by Crippen LogP contribution is -2.02. The summed E-state index contributed by atoms with van der Waals surface area (Å²) < 4.78 is 0.945. The van der Waals surface area contributed by atoms with Crippen molar-refractivity contribution in [3.8, 4) is 0 Å². The van der Waals surface area contributed by atoms with Crippen LogP contribution in [-0.2, 0) is 0 Å². The third-order valence-corrected chi connectivity index (χ3v) is 2.58. The van der Waals surface area contributed by atoms with Gasteiger partial charge in [0, 0.05) is 12.2 Å². The molecule has 1 nitrogen and oxygen atoms in total. The van der Waals surface area contributed by atoms with Gasteiger partial charge in [-0.25, -0.2) is 0 Å². The Kier molecular flexibility index (Phi) is 6.50. The Morgan fingerprint density at radius 3 is 2.75 bits per heavy atom. The number of anilines is 1. The Hall–Kier alpha value is -0.540. The number of para-hydroxylation sites is 1. The molecule has 1 N–H and O–H groups in total. The summed E-state index contributed by atoms with van der Waals surface area (Å²) >= 11 is 6.75. The lowest BCUT2D eigenvalue weighted by atomic mass is 10.1. The second-order valence-corrected chi connectivity index (χ2v) is 6.15. The molecule has 0 fully saturated rings. The number of unbranched alkanes of at least 4 members (excludes halogenated alkanes) is 1. The van der Waals surface area contributed by atoms with Crippen LogP contribution < -0.4 is 5.32 Å². The van der Waals surface area contributed by atoms with Gasteiger partial charge in [-0.15, -0.1) is 6.58 Å². The standard InChI is InChI=1S/C13H15Br2N/c1-2-3-6-9-16-12-8-5-4-7-11(12)10-13(14)15/h2,4-5,7-8,10,16H,1,3,6,9H2. The van der Waals surface area contributed by atoms with E-state index >= 15 is 0 Å². The Labute approximate surface area is 114 Å². The van der Waals surface area contributed by atoms with Gasteiger partial charge >= 0.3 is 0 Å². The first-order valence-corrected chi connectivity index (χ1v) is 6.79. The van der Waals surface area contributed by atoms with Crippen LogP contribution in [0.25, 0.3) is 6.08 Å². The van der Waals surface area contributed by atoms with Crippen LogP contribution in [0.3, 0.4) is 0 Å². The molecule has 0 saturated heterocycles. The fourth-order valence-corrected chi connectivity index (χ4v) is 1.86. The van der Waals surface area contributed by atoms with E-state index in [-0.39, 0.29) is 0 Å². The fraction of sp³-hybridized carbons (Fsp3) is 0.231. The SMILES string of the molecule is C=CCCCNc1ccccc1C=C(Br)Br. The lowest BCUT2D eigenvalue weighted by Gasteiger charge is -2.08. The van der Waals surface area contributed by atoms with Gasteiger partial charge < -0.3 is 5.32 Å². The maximum Gasteiger partial charge on any atom is 0.0610 e. The first-order chi connectivity index (χ1) is 7.74.